The van der Waals surface area contributed by atoms with E-state index in [2.05, 4.69) is 34.0 Å². The van der Waals surface area contributed by atoms with Crippen molar-refractivity contribution in [3.63, 3.8) is 0 Å². The number of ether oxygens (including phenoxy) is 2. The number of anilines is 2. The van der Waals surface area contributed by atoms with Gasteiger partial charge in [0.05, 0.1) is 36.5 Å². The van der Waals surface area contributed by atoms with Crippen LogP contribution in [0.1, 0.15) is 35.6 Å². The number of hydrogen-bond donors (Lipinski definition) is 1. The van der Waals surface area contributed by atoms with Crippen LogP contribution in [0.4, 0.5) is 11.4 Å². The highest BCUT2D eigenvalue weighted by Crippen LogP contribution is 2.41. The normalized spacial score (nSPS) is 18.0. The van der Waals surface area contributed by atoms with Crippen molar-refractivity contribution in [3.8, 4) is 5.75 Å². The molecule has 2 aliphatic heterocycles. The second-order valence-electron chi connectivity index (χ2n) is 7.61. The van der Waals surface area contributed by atoms with Crippen molar-refractivity contribution in [2.75, 3.05) is 36.5 Å². The van der Waals surface area contributed by atoms with Crippen molar-refractivity contribution >= 4 is 17.3 Å². The molecule has 2 aliphatic rings. The van der Waals surface area contributed by atoms with Gasteiger partial charge in [-0.3, -0.25) is 9.78 Å². The smallest absolute Gasteiger partial charge is 0.275 e. The first kappa shape index (κ1) is 17.7. The highest BCUT2D eigenvalue weighted by molar-refractivity contribution is 6.04. The van der Waals surface area contributed by atoms with Crippen LogP contribution in [0.3, 0.4) is 0 Å². The number of benzene rings is 1. The van der Waals surface area contributed by atoms with E-state index in [0.717, 1.165) is 42.2 Å². The first-order valence-electron chi connectivity index (χ1n) is 9.20. The second kappa shape index (κ2) is 6.81. The highest BCUT2D eigenvalue weighted by Gasteiger charge is 2.32. The maximum atomic E-state index is 12.7. The maximum Gasteiger partial charge on any atom is 0.275 e. The van der Waals surface area contributed by atoms with Crippen LogP contribution in [-0.4, -0.2) is 47.8 Å². The van der Waals surface area contributed by atoms with Crippen molar-refractivity contribution in [1.29, 1.82) is 0 Å². The molecule has 0 saturated carbocycles. The number of carbonyl (C=O) groups excluding carboxylic acids is 1. The molecule has 0 unspecified atom stereocenters. The molecule has 3 heterocycles. The quantitative estimate of drug-likeness (QED) is 0.897. The van der Waals surface area contributed by atoms with E-state index in [1.165, 1.54) is 6.20 Å². The summed E-state index contributed by atoms with van der Waals surface area (Å²) in [5.74, 6) is 0.619. The summed E-state index contributed by atoms with van der Waals surface area (Å²) in [6.07, 6.45) is 3.92. The molecule has 0 bridgehead atoms. The Morgan fingerprint density at radius 1 is 1.22 bits per heavy atom. The lowest BCUT2D eigenvalue weighted by Gasteiger charge is -2.31. The van der Waals surface area contributed by atoms with Crippen LogP contribution in [0.2, 0.25) is 0 Å². The van der Waals surface area contributed by atoms with Crippen LogP contribution < -0.4 is 15.0 Å². The molecule has 0 atom stereocenters. The summed E-state index contributed by atoms with van der Waals surface area (Å²) in [5.41, 5.74) is 3.59. The third-order valence-corrected chi connectivity index (χ3v) is 4.77. The number of rotatable bonds is 3. The molecular formula is C20H24N4O3. The van der Waals surface area contributed by atoms with E-state index in [4.69, 9.17) is 9.47 Å². The van der Waals surface area contributed by atoms with Gasteiger partial charge in [-0.2, -0.15) is 0 Å². The fourth-order valence-electron chi connectivity index (χ4n) is 3.56. The number of fused-ring (bicyclic) bond motifs is 1. The highest BCUT2D eigenvalue weighted by atomic mass is 16.5. The third-order valence-electron chi connectivity index (χ3n) is 4.77. The summed E-state index contributed by atoms with van der Waals surface area (Å²) in [5, 5.41) is 3.03. The molecule has 7 nitrogen and oxygen atoms in total. The van der Waals surface area contributed by atoms with Crippen LogP contribution in [0.25, 0.3) is 0 Å². The molecule has 4 rings (SSSR count). The van der Waals surface area contributed by atoms with Crippen LogP contribution in [-0.2, 0) is 11.2 Å². The molecule has 142 valence electrons. The lowest BCUT2D eigenvalue weighted by molar-refractivity contribution is 0.102. The number of aromatic nitrogens is 2. The molecule has 0 radical (unpaired) electrons. The number of aryl methyl sites for hydroxylation is 1. The lowest BCUT2D eigenvalue weighted by Crippen LogP contribution is -2.36. The largest absolute Gasteiger partial charge is 0.487 e. The molecule has 1 aromatic heterocycles. The van der Waals surface area contributed by atoms with E-state index in [9.17, 15) is 4.79 Å². The van der Waals surface area contributed by atoms with Crippen LogP contribution in [0.15, 0.2) is 24.5 Å². The summed E-state index contributed by atoms with van der Waals surface area (Å²) in [7, 11) is 0. The zero-order chi connectivity index (χ0) is 19.0. The Hall–Kier alpha value is -2.67. The summed E-state index contributed by atoms with van der Waals surface area (Å²) >= 11 is 0. The zero-order valence-corrected chi connectivity index (χ0v) is 15.9. The standard InChI is InChI=1S/C20H24N4O3/c1-13-11-21-12-16(22-13)19(25)23-15-8-14-10-20(2,3)27-18(14)9-17(15)24-4-6-26-7-5-24/h8-9,11-12H,4-7,10H2,1-3H3,(H,23,25). The van der Waals surface area contributed by atoms with E-state index in [-0.39, 0.29) is 11.5 Å². The lowest BCUT2D eigenvalue weighted by atomic mass is 10.0. The minimum atomic E-state index is -0.265. The van der Waals surface area contributed by atoms with Crippen LogP contribution >= 0.6 is 0 Å². The van der Waals surface area contributed by atoms with Gasteiger partial charge >= 0.3 is 0 Å². The molecule has 1 saturated heterocycles. The molecule has 7 heteroatoms. The van der Waals surface area contributed by atoms with E-state index >= 15 is 0 Å². The maximum absolute atomic E-state index is 12.7. The Morgan fingerprint density at radius 2 is 2.00 bits per heavy atom. The SMILES string of the molecule is Cc1cncc(C(=O)Nc2cc3c(cc2N2CCOCC2)OC(C)(C)C3)n1. The van der Waals surface area contributed by atoms with E-state index < -0.39 is 0 Å². The number of amides is 1. The van der Waals surface area contributed by atoms with Crippen molar-refractivity contribution in [3.05, 3.63) is 41.5 Å². The van der Waals surface area contributed by atoms with Crippen molar-refractivity contribution in [2.45, 2.75) is 32.8 Å². The number of morpholine rings is 1. The van der Waals surface area contributed by atoms with Gasteiger partial charge in [0.25, 0.3) is 5.91 Å². The fourth-order valence-corrected chi connectivity index (χ4v) is 3.56. The Balaban J connectivity index is 1.68. The number of carbonyl (C=O) groups is 1. The van der Waals surface area contributed by atoms with Crippen molar-refractivity contribution in [2.24, 2.45) is 0 Å². The van der Waals surface area contributed by atoms with Crippen molar-refractivity contribution < 1.29 is 14.3 Å². The Labute approximate surface area is 158 Å². The van der Waals surface area contributed by atoms with Gasteiger partial charge in [0.15, 0.2) is 0 Å². The molecule has 1 aromatic carbocycles. The Morgan fingerprint density at radius 3 is 2.74 bits per heavy atom. The van der Waals surface area contributed by atoms with Gasteiger partial charge in [-0.05, 0) is 26.8 Å². The topological polar surface area (TPSA) is 76.6 Å². The monoisotopic (exact) mass is 368 g/mol. The van der Waals surface area contributed by atoms with Gasteiger partial charge < -0.3 is 19.7 Å². The van der Waals surface area contributed by atoms with Gasteiger partial charge in [0, 0.05) is 37.3 Å². The Bertz CT molecular complexity index is 876. The molecule has 1 N–H and O–H groups in total. The van der Waals surface area contributed by atoms with Gasteiger partial charge in [-0.1, -0.05) is 0 Å². The Kier molecular flexibility index (Phi) is 4.47. The first-order chi connectivity index (χ1) is 12.9. The summed E-state index contributed by atoms with van der Waals surface area (Å²) in [6.45, 7) is 8.84. The molecule has 2 aromatic rings. The average molecular weight is 368 g/mol. The van der Waals surface area contributed by atoms with E-state index in [1.807, 2.05) is 19.1 Å². The molecule has 1 amide bonds. The second-order valence-corrected chi connectivity index (χ2v) is 7.61. The summed E-state index contributed by atoms with van der Waals surface area (Å²) in [6, 6.07) is 4.06. The van der Waals surface area contributed by atoms with E-state index in [1.54, 1.807) is 6.20 Å². The number of hydrogen-bond acceptors (Lipinski definition) is 6. The van der Waals surface area contributed by atoms with Gasteiger partial charge in [-0.25, -0.2) is 4.98 Å². The molecule has 1 fully saturated rings. The van der Waals surface area contributed by atoms with Gasteiger partial charge in [-0.15, -0.1) is 0 Å². The fraction of sp³-hybridized carbons (Fsp3) is 0.450. The molecule has 0 aliphatic carbocycles. The van der Waals surface area contributed by atoms with Gasteiger partial charge in [0.2, 0.25) is 0 Å². The third kappa shape index (κ3) is 3.73. The summed E-state index contributed by atoms with van der Waals surface area (Å²) < 4.78 is 11.6. The predicted molar refractivity (Wildman–Crippen MR) is 103 cm³/mol. The van der Waals surface area contributed by atoms with Crippen molar-refractivity contribution in [1.82, 2.24) is 9.97 Å². The predicted octanol–water partition coefficient (Wildman–Crippen LogP) is 2.59. The minimum Gasteiger partial charge on any atom is -0.487 e. The zero-order valence-electron chi connectivity index (χ0n) is 15.9. The molecule has 0 spiro atoms. The molecule has 27 heavy (non-hydrogen) atoms. The number of nitrogens with zero attached hydrogens (tertiary/aromatic N) is 3. The van der Waals surface area contributed by atoms with Gasteiger partial charge in [0.1, 0.15) is 17.0 Å². The minimum absolute atomic E-state index is 0.241. The number of nitrogens with one attached hydrogen (secondary N) is 1. The molecular weight excluding hydrogens is 344 g/mol. The average Bonchev–Trinajstić information content (AvgIpc) is 2.94. The van der Waals surface area contributed by atoms with Crippen LogP contribution in [0.5, 0.6) is 5.75 Å². The van der Waals surface area contributed by atoms with Crippen LogP contribution in [0, 0.1) is 6.92 Å². The summed E-state index contributed by atoms with van der Waals surface area (Å²) in [4.78, 5) is 23.3. The first-order valence-corrected chi connectivity index (χ1v) is 9.20. The van der Waals surface area contributed by atoms with E-state index in [0.29, 0.717) is 24.6 Å².